The van der Waals surface area contributed by atoms with Crippen molar-refractivity contribution < 1.29 is 0 Å². The second-order valence-electron chi connectivity index (χ2n) is 2.05. The van der Waals surface area contributed by atoms with Crippen LogP contribution in [0.15, 0.2) is 17.3 Å². The molecule has 9 heavy (non-hydrogen) atoms. The van der Waals surface area contributed by atoms with E-state index >= 15 is 0 Å². The van der Waals surface area contributed by atoms with E-state index in [4.69, 9.17) is 0 Å². The van der Waals surface area contributed by atoms with Gasteiger partial charge < -0.3 is 0 Å². The van der Waals surface area contributed by atoms with Crippen molar-refractivity contribution in [2.24, 2.45) is 10.9 Å². The monoisotopic (exact) mass is 121 g/mol. The van der Waals surface area contributed by atoms with E-state index in [1.54, 1.807) is 6.20 Å². The number of allylic oxidation sites excluding steroid dienone is 1. The van der Waals surface area contributed by atoms with E-state index in [-0.39, 0.29) is 0 Å². The molecule has 0 N–H and O–H groups in total. The van der Waals surface area contributed by atoms with Gasteiger partial charge in [0.2, 0.25) is 0 Å². The Hall–Kier alpha value is -1.10. The normalized spacial score (nSPS) is 23.8. The second kappa shape index (κ2) is 2.45. The third kappa shape index (κ3) is 1.69. The Morgan fingerprint density at radius 2 is 2.56 bits per heavy atom. The summed E-state index contributed by atoms with van der Waals surface area (Å²) >= 11 is 0. The molecule has 0 unspecified atom stereocenters. The summed E-state index contributed by atoms with van der Waals surface area (Å²) in [5.74, 6) is 1.07. The van der Waals surface area contributed by atoms with Crippen LogP contribution in [0.5, 0.6) is 0 Å². The molecular weight excluding hydrogens is 112 g/mol. The molecule has 0 radical (unpaired) electrons. The number of hydrogen-bond donors (Lipinski definition) is 0. The first-order valence-corrected chi connectivity index (χ1v) is 2.96. The third-order valence-electron chi connectivity index (χ3n) is 1.07. The lowest BCUT2D eigenvalue weighted by molar-refractivity contribution is 0.977. The molecule has 2 heteroatoms. The molecule has 0 saturated heterocycles. The molecular formula is C7H9N2+. The maximum Gasteiger partial charge on any atom is 0.397 e. The molecule has 0 saturated carbocycles. The number of rotatable bonds is 0. The zero-order valence-corrected chi connectivity index (χ0v) is 5.63. The first kappa shape index (κ1) is 6.03. The van der Waals surface area contributed by atoms with Crippen molar-refractivity contribution in [1.29, 1.82) is 0 Å². The zero-order valence-electron chi connectivity index (χ0n) is 5.63. The fraction of sp³-hybridized carbons (Fsp3) is 0.429. The molecule has 1 aliphatic rings. The van der Waals surface area contributed by atoms with Crippen LogP contribution in [-0.2, 0) is 0 Å². The van der Waals surface area contributed by atoms with Crippen LogP contribution in [0.2, 0.25) is 0 Å². The predicted molar refractivity (Wildman–Crippen MR) is 38.7 cm³/mol. The Bertz CT molecular complexity index is 215. The highest BCUT2D eigenvalue weighted by Gasteiger charge is 2.02. The molecule has 1 rings (SSSR count). The highest BCUT2D eigenvalue weighted by atomic mass is 14.9. The number of aliphatic imine (C=N–C) groups is 1. The fourth-order valence-electron chi connectivity index (χ4n) is 0.547. The summed E-state index contributed by atoms with van der Waals surface area (Å²) in [4.78, 5) is 7.92. The summed E-state index contributed by atoms with van der Waals surface area (Å²) in [6.45, 7) is 3.88. The van der Waals surface area contributed by atoms with Crippen molar-refractivity contribution in [2.45, 2.75) is 13.8 Å². The van der Waals surface area contributed by atoms with Crippen molar-refractivity contribution >= 4 is 5.84 Å². The van der Waals surface area contributed by atoms with Gasteiger partial charge in [-0.2, -0.15) is 4.85 Å². The Balaban J connectivity index is 2.83. The Labute approximate surface area is 54.7 Å². The molecule has 1 aliphatic heterocycles. The van der Waals surface area contributed by atoms with Gasteiger partial charge in [-0.05, 0) is 18.0 Å². The SMILES string of the molecule is CC1=NC=C[C@@H](C)C#[N+]1. The van der Waals surface area contributed by atoms with Crippen molar-refractivity contribution in [3.63, 3.8) is 0 Å². The summed E-state index contributed by atoms with van der Waals surface area (Å²) in [6, 6.07) is 2.90. The number of nitrogens with zero attached hydrogens (tertiary/aromatic N) is 2. The summed E-state index contributed by atoms with van der Waals surface area (Å²) in [7, 11) is 0. The maximum absolute atomic E-state index is 3.98. The van der Waals surface area contributed by atoms with E-state index in [0.717, 1.165) is 5.84 Å². The molecule has 1 atom stereocenters. The Morgan fingerprint density at radius 3 is 3.33 bits per heavy atom. The second-order valence-corrected chi connectivity index (χ2v) is 2.05. The molecule has 46 valence electrons. The quantitative estimate of drug-likeness (QED) is 0.465. The minimum absolute atomic E-state index is 0.297. The summed E-state index contributed by atoms with van der Waals surface area (Å²) in [6.07, 6.45) is 3.73. The van der Waals surface area contributed by atoms with Crippen molar-refractivity contribution in [2.75, 3.05) is 0 Å². The molecule has 2 nitrogen and oxygen atoms in total. The zero-order chi connectivity index (χ0) is 6.69. The topological polar surface area (TPSA) is 16.7 Å². The van der Waals surface area contributed by atoms with Crippen molar-refractivity contribution in [1.82, 2.24) is 0 Å². The van der Waals surface area contributed by atoms with Crippen LogP contribution in [0.4, 0.5) is 0 Å². The molecule has 0 aliphatic carbocycles. The van der Waals surface area contributed by atoms with Crippen LogP contribution >= 0.6 is 0 Å². The van der Waals surface area contributed by atoms with E-state index < -0.39 is 0 Å². The lowest BCUT2D eigenvalue weighted by Gasteiger charge is -1.78. The van der Waals surface area contributed by atoms with Gasteiger partial charge in [-0.3, -0.25) is 0 Å². The third-order valence-corrected chi connectivity index (χ3v) is 1.07. The van der Waals surface area contributed by atoms with E-state index in [2.05, 4.69) is 15.9 Å². The fourth-order valence-corrected chi connectivity index (χ4v) is 0.547. The summed E-state index contributed by atoms with van der Waals surface area (Å²) in [5.41, 5.74) is 0. The average molecular weight is 121 g/mol. The molecule has 0 fully saturated rings. The molecule has 0 aromatic carbocycles. The number of amidine groups is 1. The molecule has 0 amide bonds. The number of hydrogen-bond acceptors (Lipinski definition) is 1. The van der Waals surface area contributed by atoms with Crippen LogP contribution in [0.3, 0.4) is 0 Å². The summed E-state index contributed by atoms with van der Waals surface area (Å²) in [5, 5.41) is 0. The smallest absolute Gasteiger partial charge is 0.159 e. The minimum atomic E-state index is 0.297. The largest absolute Gasteiger partial charge is 0.397 e. The van der Waals surface area contributed by atoms with E-state index in [1.807, 2.05) is 19.9 Å². The standard InChI is InChI=1S/C7H9N2/c1-6-3-4-8-7(2)9-5-6/h3-4,6H,1-2H3/q+1/t6-/m1/s1. The van der Waals surface area contributed by atoms with Gasteiger partial charge >= 0.3 is 5.84 Å². The van der Waals surface area contributed by atoms with Crippen LogP contribution < -0.4 is 0 Å². The average Bonchev–Trinajstić information content (AvgIpc) is 1.97. The highest BCUT2D eigenvalue weighted by molar-refractivity contribution is 5.90. The first-order valence-electron chi connectivity index (χ1n) is 2.96. The van der Waals surface area contributed by atoms with Gasteiger partial charge in [0.1, 0.15) is 6.20 Å². The maximum atomic E-state index is 3.98. The lowest BCUT2D eigenvalue weighted by atomic mass is 10.2. The van der Waals surface area contributed by atoms with Gasteiger partial charge in [0, 0.05) is 0 Å². The van der Waals surface area contributed by atoms with Crippen LogP contribution in [0.1, 0.15) is 13.8 Å². The van der Waals surface area contributed by atoms with Crippen LogP contribution in [0, 0.1) is 12.0 Å². The molecule has 1 heterocycles. The molecule has 0 aromatic heterocycles. The van der Waals surface area contributed by atoms with Gasteiger partial charge in [0.25, 0.3) is 0 Å². The van der Waals surface area contributed by atoms with Gasteiger partial charge in [0.15, 0.2) is 6.07 Å². The Morgan fingerprint density at radius 1 is 1.78 bits per heavy atom. The van der Waals surface area contributed by atoms with Gasteiger partial charge in [0.05, 0.1) is 12.8 Å². The predicted octanol–water partition coefficient (Wildman–Crippen LogP) is 1.90. The van der Waals surface area contributed by atoms with E-state index in [9.17, 15) is 0 Å². The van der Waals surface area contributed by atoms with Crippen molar-refractivity contribution in [3.8, 4) is 6.07 Å². The van der Waals surface area contributed by atoms with Gasteiger partial charge in [-0.1, -0.05) is 0 Å². The van der Waals surface area contributed by atoms with Crippen LogP contribution in [0.25, 0.3) is 4.85 Å². The van der Waals surface area contributed by atoms with Crippen molar-refractivity contribution in [3.05, 3.63) is 17.1 Å². The first-order chi connectivity index (χ1) is 4.29. The molecule has 0 aromatic rings. The van der Waals surface area contributed by atoms with Gasteiger partial charge in [-0.15, -0.1) is 0 Å². The molecule has 0 spiro atoms. The van der Waals surface area contributed by atoms with E-state index in [0.29, 0.717) is 5.92 Å². The Kier molecular flexibility index (Phi) is 1.64. The highest BCUT2D eigenvalue weighted by Crippen LogP contribution is 1.99. The minimum Gasteiger partial charge on any atom is -0.159 e. The summed E-state index contributed by atoms with van der Waals surface area (Å²) < 4.78 is 0. The van der Waals surface area contributed by atoms with Crippen LogP contribution in [-0.4, -0.2) is 5.84 Å². The van der Waals surface area contributed by atoms with Gasteiger partial charge in [-0.25, -0.2) is 0 Å². The van der Waals surface area contributed by atoms with E-state index in [1.165, 1.54) is 0 Å². The molecule has 0 bridgehead atoms. The lowest BCUT2D eigenvalue weighted by Crippen LogP contribution is -1.79.